The number of halogens is 1. The Hall–Kier alpha value is -3.33. The molecular weight excluding hydrogens is 373 g/mol. The molecule has 0 unspecified atom stereocenters. The topological polar surface area (TPSA) is 89.6 Å². The normalized spacial score (nSPS) is 12.6. The summed E-state index contributed by atoms with van der Waals surface area (Å²) in [6.45, 7) is 0.0622. The first-order valence-corrected chi connectivity index (χ1v) is 9.40. The highest BCUT2D eigenvalue weighted by Gasteiger charge is 2.20. The summed E-state index contributed by atoms with van der Waals surface area (Å²) < 4.78 is 51.5. The maximum Gasteiger partial charge on any atom is 0.262 e. The lowest BCUT2D eigenvalue weighted by Gasteiger charge is -2.10. The lowest BCUT2D eigenvalue weighted by atomic mass is 10.3. The molecule has 27 heavy (non-hydrogen) atoms. The third kappa shape index (κ3) is 3.63. The summed E-state index contributed by atoms with van der Waals surface area (Å²) in [5, 5.41) is 2.83. The van der Waals surface area contributed by atoms with E-state index in [0.717, 1.165) is 0 Å². The molecule has 0 saturated carbocycles. The number of fused-ring (bicyclic) bond motifs is 1. The second-order valence-corrected chi connectivity index (χ2v) is 7.34. The van der Waals surface area contributed by atoms with Gasteiger partial charge < -0.3 is 14.8 Å². The summed E-state index contributed by atoms with van der Waals surface area (Å²) >= 11 is 0. The van der Waals surface area contributed by atoms with E-state index in [2.05, 4.69) is 15.0 Å². The van der Waals surface area contributed by atoms with Gasteiger partial charge >= 0.3 is 0 Å². The molecule has 2 aromatic carbocycles. The number of hydrogen-bond acceptors (Lipinski definition) is 6. The van der Waals surface area contributed by atoms with Gasteiger partial charge in [-0.15, -0.1) is 0 Å². The van der Waals surface area contributed by atoms with Gasteiger partial charge in [0.15, 0.2) is 11.5 Å². The molecule has 7 nitrogen and oxygen atoms in total. The molecule has 1 aliphatic rings. The van der Waals surface area contributed by atoms with Crippen molar-refractivity contribution in [3.63, 3.8) is 0 Å². The third-order valence-electron chi connectivity index (χ3n) is 3.81. The predicted molar refractivity (Wildman–Crippen MR) is 97.3 cm³/mol. The molecule has 4 rings (SSSR count). The van der Waals surface area contributed by atoms with Gasteiger partial charge in [-0.3, -0.25) is 4.72 Å². The van der Waals surface area contributed by atoms with Crippen LogP contribution in [0.15, 0.2) is 65.7 Å². The van der Waals surface area contributed by atoms with Crippen LogP contribution in [0.3, 0.4) is 0 Å². The number of sulfonamides is 1. The zero-order valence-electron chi connectivity index (χ0n) is 13.8. The molecule has 2 N–H and O–H groups in total. The molecule has 0 saturated heterocycles. The molecule has 2 heterocycles. The highest BCUT2D eigenvalue weighted by molar-refractivity contribution is 7.92. The Kier molecular flexibility index (Phi) is 4.28. The molecule has 1 aromatic heterocycles. The minimum atomic E-state index is -3.82. The van der Waals surface area contributed by atoms with Crippen molar-refractivity contribution in [1.29, 1.82) is 0 Å². The van der Waals surface area contributed by atoms with E-state index in [-0.39, 0.29) is 23.1 Å². The van der Waals surface area contributed by atoms with Gasteiger partial charge in [-0.05, 0) is 36.4 Å². The Balaban J connectivity index is 1.50. The Labute approximate surface area is 154 Å². The molecule has 9 heteroatoms. The van der Waals surface area contributed by atoms with E-state index in [9.17, 15) is 12.8 Å². The van der Waals surface area contributed by atoms with Crippen LogP contribution in [0.4, 0.5) is 21.6 Å². The number of nitrogens with one attached hydrogen (secondary N) is 2. The minimum Gasteiger partial charge on any atom is -0.454 e. The van der Waals surface area contributed by atoms with Gasteiger partial charge in [0.2, 0.25) is 6.79 Å². The Morgan fingerprint density at radius 2 is 1.81 bits per heavy atom. The maximum absolute atomic E-state index is 13.7. The molecule has 138 valence electrons. The monoisotopic (exact) mass is 387 g/mol. The average Bonchev–Trinajstić information content (AvgIpc) is 3.13. The quantitative estimate of drug-likeness (QED) is 0.697. The lowest BCUT2D eigenvalue weighted by Crippen LogP contribution is -2.13. The second kappa shape index (κ2) is 6.76. The smallest absolute Gasteiger partial charge is 0.262 e. The van der Waals surface area contributed by atoms with Gasteiger partial charge in [-0.2, -0.15) is 0 Å². The Morgan fingerprint density at radius 3 is 2.59 bits per heavy atom. The summed E-state index contributed by atoms with van der Waals surface area (Å²) in [5.41, 5.74) is 0.547. The van der Waals surface area contributed by atoms with Crippen molar-refractivity contribution in [1.82, 2.24) is 4.98 Å². The first kappa shape index (κ1) is 17.1. The SMILES string of the molecule is O=S(=O)(Nc1ccc(Nc2ccccc2F)nc1)c1ccc2c(c1)OCO2. The number of hydrogen-bond donors (Lipinski definition) is 2. The molecule has 0 atom stereocenters. The Bertz CT molecular complexity index is 1090. The number of rotatable bonds is 5. The number of anilines is 3. The van der Waals surface area contributed by atoms with E-state index in [1.54, 1.807) is 24.3 Å². The van der Waals surface area contributed by atoms with Gasteiger partial charge in [-0.1, -0.05) is 12.1 Å². The van der Waals surface area contributed by atoms with Crippen LogP contribution in [0.2, 0.25) is 0 Å². The average molecular weight is 387 g/mol. The van der Waals surface area contributed by atoms with Crippen LogP contribution < -0.4 is 19.5 Å². The van der Waals surface area contributed by atoms with Crippen LogP contribution in [0.1, 0.15) is 0 Å². The largest absolute Gasteiger partial charge is 0.454 e. The van der Waals surface area contributed by atoms with Gasteiger partial charge in [0.1, 0.15) is 11.6 Å². The molecular formula is C18H14FN3O4S. The summed E-state index contributed by atoms with van der Waals surface area (Å²) in [6, 6.07) is 13.6. The number of nitrogens with zero attached hydrogens (tertiary/aromatic N) is 1. The molecule has 0 radical (unpaired) electrons. The van der Waals surface area contributed by atoms with Crippen molar-refractivity contribution < 1.29 is 22.3 Å². The van der Waals surface area contributed by atoms with Gasteiger partial charge in [0.05, 0.1) is 22.5 Å². The van der Waals surface area contributed by atoms with E-state index in [4.69, 9.17) is 9.47 Å². The maximum atomic E-state index is 13.7. The highest BCUT2D eigenvalue weighted by Crippen LogP contribution is 2.34. The molecule has 0 fully saturated rings. The number of ether oxygens (including phenoxy) is 2. The fourth-order valence-electron chi connectivity index (χ4n) is 2.49. The van der Waals surface area contributed by atoms with Gasteiger partial charge in [-0.25, -0.2) is 17.8 Å². The third-order valence-corrected chi connectivity index (χ3v) is 5.19. The van der Waals surface area contributed by atoms with E-state index in [1.807, 2.05) is 0 Å². The second-order valence-electron chi connectivity index (χ2n) is 5.66. The van der Waals surface area contributed by atoms with Crippen LogP contribution in [0, 0.1) is 5.82 Å². The molecule has 3 aromatic rings. The fourth-order valence-corrected chi connectivity index (χ4v) is 3.55. The first-order valence-electron chi connectivity index (χ1n) is 7.91. The standard InChI is InChI=1S/C18H14FN3O4S/c19-14-3-1-2-4-15(14)21-18-8-5-12(10-20-18)22-27(23,24)13-6-7-16-17(9-13)26-11-25-16/h1-10,22H,11H2,(H,20,21). The van der Waals surface area contributed by atoms with E-state index < -0.39 is 15.8 Å². The van der Waals surface area contributed by atoms with Crippen LogP contribution in [-0.2, 0) is 10.0 Å². The molecule has 0 spiro atoms. The zero-order chi connectivity index (χ0) is 18.9. The number of pyridine rings is 1. The van der Waals surface area contributed by atoms with Crippen LogP contribution >= 0.6 is 0 Å². The van der Waals surface area contributed by atoms with Gasteiger partial charge in [0.25, 0.3) is 10.0 Å². The molecule has 0 aliphatic carbocycles. The van der Waals surface area contributed by atoms with E-state index in [0.29, 0.717) is 17.3 Å². The lowest BCUT2D eigenvalue weighted by molar-refractivity contribution is 0.174. The van der Waals surface area contributed by atoms with Crippen LogP contribution in [0.25, 0.3) is 0 Å². The summed E-state index contributed by atoms with van der Waals surface area (Å²) in [7, 11) is -3.82. The van der Waals surface area contributed by atoms with Crippen LogP contribution in [-0.4, -0.2) is 20.2 Å². The Morgan fingerprint density at radius 1 is 1.00 bits per heavy atom. The van der Waals surface area contributed by atoms with Crippen LogP contribution in [0.5, 0.6) is 11.5 Å². The van der Waals surface area contributed by atoms with Crippen molar-refractivity contribution in [2.24, 2.45) is 0 Å². The van der Waals surface area contributed by atoms with Crippen molar-refractivity contribution >= 4 is 27.2 Å². The predicted octanol–water partition coefficient (Wildman–Crippen LogP) is 3.49. The molecule has 1 aliphatic heterocycles. The van der Waals surface area contributed by atoms with Crippen molar-refractivity contribution in [3.8, 4) is 11.5 Å². The number of para-hydroxylation sites is 1. The zero-order valence-corrected chi connectivity index (χ0v) is 14.7. The fraction of sp³-hybridized carbons (Fsp3) is 0.0556. The summed E-state index contributed by atoms with van der Waals surface area (Å²) in [5.74, 6) is 0.845. The van der Waals surface area contributed by atoms with Gasteiger partial charge in [0, 0.05) is 6.07 Å². The van der Waals surface area contributed by atoms with E-state index in [1.165, 1.54) is 36.5 Å². The first-order chi connectivity index (χ1) is 13.0. The van der Waals surface area contributed by atoms with Crippen molar-refractivity contribution in [2.75, 3.05) is 16.8 Å². The van der Waals surface area contributed by atoms with E-state index >= 15 is 0 Å². The highest BCUT2D eigenvalue weighted by atomic mass is 32.2. The van der Waals surface area contributed by atoms with Crippen molar-refractivity contribution in [2.45, 2.75) is 4.90 Å². The molecule has 0 bridgehead atoms. The minimum absolute atomic E-state index is 0.0420. The van der Waals surface area contributed by atoms with Crippen molar-refractivity contribution in [3.05, 3.63) is 66.6 Å². The number of benzene rings is 2. The summed E-state index contributed by atoms with van der Waals surface area (Å²) in [6.07, 6.45) is 1.34. The summed E-state index contributed by atoms with van der Waals surface area (Å²) in [4.78, 5) is 4.14. The number of aromatic nitrogens is 1. The molecule has 0 amide bonds.